The molecule has 1 aromatic rings. The van der Waals surface area contributed by atoms with E-state index < -0.39 is 11.9 Å². The zero-order chi connectivity index (χ0) is 23.5. The number of ether oxygens (including phenoxy) is 1. The Morgan fingerprint density at radius 2 is 1.36 bits per heavy atom. The molecule has 33 heavy (non-hydrogen) atoms. The Morgan fingerprint density at radius 3 is 1.85 bits per heavy atom. The van der Waals surface area contributed by atoms with Gasteiger partial charge in [-0.25, -0.2) is 9.59 Å². The van der Waals surface area contributed by atoms with E-state index in [9.17, 15) is 4.79 Å². The zero-order valence-corrected chi connectivity index (χ0v) is 19.3. The number of hydrogen-bond donors (Lipinski definition) is 2. The van der Waals surface area contributed by atoms with Crippen molar-refractivity contribution in [1.29, 1.82) is 0 Å². The molecule has 4 saturated carbocycles. The van der Waals surface area contributed by atoms with E-state index in [1.54, 1.807) is 24.3 Å². The average Bonchev–Trinajstić information content (AvgIpc) is 2.78. The first kappa shape index (κ1) is 23.8. The Morgan fingerprint density at radius 1 is 0.848 bits per heavy atom. The molecule has 5 fully saturated rings. The molecular formula is C24H31ClN2O6. The minimum absolute atomic E-state index is 0.0923. The minimum Gasteiger partial charge on any atom is -0.484 e. The van der Waals surface area contributed by atoms with Crippen molar-refractivity contribution in [2.24, 2.45) is 23.7 Å². The smallest absolute Gasteiger partial charge is 0.414 e. The maximum atomic E-state index is 12.5. The van der Waals surface area contributed by atoms with Gasteiger partial charge in [-0.2, -0.15) is 0 Å². The fourth-order valence-corrected chi connectivity index (χ4v) is 6.66. The van der Waals surface area contributed by atoms with Crippen LogP contribution in [-0.2, 0) is 14.4 Å². The van der Waals surface area contributed by atoms with Crippen LogP contribution in [0.2, 0.25) is 5.02 Å². The fraction of sp³-hybridized carbons (Fsp3) is 0.625. The van der Waals surface area contributed by atoms with Crippen LogP contribution in [0.4, 0.5) is 0 Å². The summed E-state index contributed by atoms with van der Waals surface area (Å²) >= 11 is 5.88. The monoisotopic (exact) mass is 478 g/mol. The molecule has 0 spiro atoms. The second-order valence-corrected chi connectivity index (χ2v) is 10.1. The van der Waals surface area contributed by atoms with Crippen molar-refractivity contribution in [2.45, 2.75) is 38.1 Å². The number of piperazine rings is 1. The van der Waals surface area contributed by atoms with Gasteiger partial charge < -0.3 is 19.8 Å². The van der Waals surface area contributed by atoms with Crippen LogP contribution in [0, 0.1) is 23.7 Å². The first-order valence-corrected chi connectivity index (χ1v) is 12.0. The summed E-state index contributed by atoms with van der Waals surface area (Å²) in [5.41, 5.74) is 0. The van der Waals surface area contributed by atoms with Gasteiger partial charge in [-0.1, -0.05) is 11.6 Å². The number of carbonyl (C=O) groups excluding carboxylic acids is 1. The number of hydrogen-bond acceptors (Lipinski definition) is 5. The van der Waals surface area contributed by atoms with E-state index in [2.05, 4.69) is 4.90 Å². The number of benzene rings is 1. The van der Waals surface area contributed by atoms with Crippen LogP contribution in [0.5, 0.6) is 5.75 Å². The number of nitrogens with zero attached hydrogens (tertiary/aromatic N) is 2. The average molecular weight is 479 g/mol. The molecule has 4 bridgehead atoms. The molecule has 1 aromatic carbocycles. The predicted molar refractivity (Wildman–Crippen MR) is 121 cm³/mol. The molecule has 180 valence electrons. The zero-order valence-electron chi connectivity index (χ0n) is 18.6. The van der Waals surface area contributed by atoms with Crippen LogP contribution < -0.4 is 4.74 Å². The molecule has 2 N–H and O–H groups in total. The SMILES string of the molecule is O=C(COc1ccc(Cl)cc1)N1CCN(C2C3CC4CC(C3)CC2C4)CC1.O=C(O)C(=O)O. The molecular weight excluding hydrogens is 448 g/mol. The van der Waals surface area contributed by atoms with Crippen molar-refractivity contribution in [1.82, 2.24) is 9.80 Å². The van der Waals surface area contributed by atoms with Crippen LogP contribution in [-0.4, -0.2) is 76.7 Å². The Bertz CT molecular complexity index is 828. The van der Waals surface area contributed by atoms with Gasteiger partial charge in [-0.3, -0.25) is 9.69 Å². The van der Waals surface area contributed by atoms with Gasteiger partial charge in [0.25, 0.3) is 5.91 Å². The normalized spacial score (nSPS) is 30.3. The van der Waals surface area contributed by atoms with Crippen LogP contribution in [0.25, 0.3) is 0 Å². The van der Waals surface area contributed by atoms with Gasteiger partial charge in [0.15, 0.2) is 6.61 Å². The Labute approximate surface area is 198 Å². The largest absolute Gasteiger partial charge is 0.484 e. The van der Waals surface area contributed by atoms with Gasteiger partial charge in [0.2, 0.25) is 0 Å². The summed E-state index contributed by atoms with van der Waals surface area (Å²) in [6.07, 6.45) is 7.37. The topological polar surface area (TPSA) is 107 Å². The highest BCUT2D eigenvalue weighted by Crippen LogP contribution is 2.55. The van der Waals surface area contributed by atoms with Crippen molar-refractivity contribution in [3.63, 3.8) is 0 Å². The molecule has 0 aromatic heterocycles. The number of rotatable bonds is 4. The quantitative estimate of drug-likeness (QED) is 0.640. The van der Waals surface area contributed by atoms with Crippen molar-refractivity contribution in [3.8, 4) is 5.75 Å². The summed E-state index contributed by atoms with van der Waals surface area (Å²) in [5, 5.41) is 15.5. The number of carboxylic acid groups (broad SMARTS) is 2. The summed E-state index contributed by atoms with van der Waals surface area (Å²) < 4.78 is 5.63. The highest BCUT2D eigenvalue weighted by atomic mass is 35.5. The van der Waals surface area contributed by atoms with E-state index in [1.807, 2.05) is 4.90 Å². The first-order valence-electron chi connectivity index (χ1n) is 11.7. The maximum absolute atomic E-state index is 12.5. The van der Waals surface area contributed by atoms with E-state index in [0.29, 0.717) is 10.8 Å². The lowest BCUT2D eigenvalue weighted by Gasteiger charge is -2.58. The number of aliphatic carboxylic acids is 2. The van der Waals surface area contributed by atoms with Crippen molar-refractivity contribution < 1.29 is 29.3 Å². The molecule has 0 atom stereocenters. The van der Waals surface area contributed by atoms with E-state index in [4.69, 9.17) is 36.1 Å². The Balaban J connectivity index is 0.000000385. The number of carboxylic acids is 2. The predicted octanol–water partition coefficient (Wildman–Crippen LogP) is 2.84. The van der Waals surface area contributed by atoms with Gasteiger partial charge in [0.1, 0.15) is 5.75 Å². The lowest BCUT2D eigenvalue weighted by molar-refractivity contribution is -0.159. The Hall–Kier alpha value is -2.32. The van der Waals surface area contributed by atoms with Crippen molar-refractivity contribution in [3.05, 3.63) is 29.3 Å². The molecule has 9 heteroatoms. The van der Waals surface area contributed by atoms with Gasteiger partial charge in [0.05, 0.1) is 0 Å². The maximum Gasteiger partial charge on any atom is 0.414 e. The third-order valence-corrected chi connectivity index (χ3v) is 7.88. The molecule has 4 aliphatic carbocycles. The van der Waals surface area contributed by atoms with Gasteiger partial charge in [-0.15, -0.1) is 0 Å². The number of amides is 1. The molecule has 1 heterocycles. The molecule has 0 radical (unpaired) electrons. The molecule has 1 aliphatic heterocycles. The van der Waals surface area contributed by atoms with Gasteiger partial charge in [0, 0.05) is 37.2 Å². The van der Waals surface area contributed by atoms with E-state index in [0.717, 1.165) is 55.9 Å². The third-order valence-electron chi connectivity index (χ3n) is 7.62. The third kappa shape index (κ3) is 5.79. The summed E-state index contributed by atoms with van der Waals surface area (Å²) in [6.45, 7) is 3.84. The van der Waals surface area contributed by atoms with Gasteiger partial charge >= 0.3 is 11.9 Å². The lowest BCUT2D eigenvalue weighted by Crippen LogP contribution is -2.60. The standard InChI is InChI=1S/C22H29ClN2O2.C2H2O4/c23-19-1-3-20(4-2-19)27-14-21(26)24-5-7-25(8-6-24)22-17-10-15-9-16(12-17)13-18(22)11-15;3-1(4)2(5)6/h1-4,15-18,22H,5-14H2;(H,3,4)(H,5,6). The summed E-state index contributed by atoms with van der Waals surface area (Å²) in [5.74, 6) is 1.04. The molecule has 0 unspecified atom stereocenters. The number of carbonyl (C=O) groups is 3. The van der Waals surface area contributed by atoms with E-state index >= 15 is 0 Å². The minimum atomic E-state index is -1.82. The molecule has 6 rings (SSSR count). The second-order valence-electron chi connectivity index (χ2n) is 9.69. The Kier molecular flexibility index (Phi) is 7.44. The fourth-order valence-electron chi connectivity index (χ4n) is 6.53. The van der Waals surface area contributed by atoms with Crippen LogP contribution in [0.3, 0.4) is 0 Å². The molecule has 8 nitrogen and oxygen atoms in total. The lowest BCUT2D eigenvalue weighted by atomic mass is 9.54. The molecule has 1 saturated heterocycles. The number of halogens is 1. The molecule has 5 aliphatic rings. The summed E-state index contributed by atoms with van der Waals surface area (Å²) in [4.78, 5) is 35.4. The van der Waals surface area contributed by atoms with Crippen LogP contribution in [0.1, 0.15) is 32.1 Å². The van der Waals surface area contributed by atoms with E-state index in [1.165, 1.54) is 32.1 Å². The summed E-state index contributed by atoms with van der Waals surface area (Å²) in [6, 6.07) is 7.97. The first-order chi connectivity index (χ1) is 15.8. The van der Waals surface area contributed by atoms with Gasteiger partial charge in [-0.05, 0) is 80.0 Å². The highest BCUT2D eigenvalue weighted by molar-refractivity contribution is 6.30. The van der Waals surface area contributed by atoms with Crippen LogP contribution >= 0.6 is 11.6 Å². The van der Waals surface area contributed by atoms with Crippen molar-refractivity contribution >= 4 is 29.4 Å². The second kappa shape index (κ2) is 10.3. The summed E-state index contributed by atoms with van der Waals surface area (Å²) in [7, 11) is 0. The van der Waals surface area contributed by atoms with Crippen LogP contribution in [0.15, 0.2) is 24.3 Å². The van der Waals surface area contributed by atoms with E-state index in [-0.39, 0.29) is 12.5 Å². The highest BCUT2D eigenvalue weighted by Gasteiger charge is 2.50. The molecule has 1 amide bonds. The van der Waals surface area contributed by atoms with Crippen molar-refractivity contribution in [2.75, 3.05) is 32.8 Å².